The fourth-order valence-corrected chi connectivity index (χ4v) is 2.24. The van der Waals surface area contributed by atoms with Crippen LogP contribution in [0.2, 0.25) is 5.02 Å². The highest BCUT2D eigenvalue weighted by Crippen LogP contribution is 2.24. The number of hydrogen-bond donors (Lipinski definition) is 3. The summed E-state index contributed by atoms with van der Waals surface area (Å²) in [6.07, 6.45) is 1.64. The monoisotopic (exact) mass is 311 g/mol. The van der Waals surface area contributed by atoms with E-state index in [1.54, 1.807) is 6.20 Å². The van der Waals surface area contributed by atoms with Crippen LogP contribution in [0.1, 0.15) is 15.2 Å². The van der Waals surface area contributed by atoms with Crippen molar-refractivity contribution in [3.63, 3.8) is 0 Å². The molecule has 0 bridgehead atoms. The van der Waals surface area contributed by atoms with Crippen molar-refractivity contribution in [3.8, 4) is 0 Å². The van der Waals surface area contributed by atoms with Crippen molar-refractivity contribution in [2.45, 2.75) is 6.92 Å². The van der Waals surface area contributed by atoms with Crippen LogP contribution >= 0.6 is 22.9 Å². The number of thiazole rings is 1. The molecule has 8 heteroatoms. The maximum atomic E-state index is 11.8. The van der Waals surface area contributed by atoms with E-state index < -0.39 is 12.0 Å². The summed E-state index contributed by atoms with van der Waals surface area (Å²) in [7, 11) is 0. The summed E-state index contributed by atoms with van der Waals surface area (Å²) in [6.45, 7) is 1.87. The molecule has 0 saturated carbocycles. The number of benzene rings is 1. The number of carbonyl (C=O) groups is 2. The lowest BCUT2D eigenvalue weighted by Gasteiger charge is -2.08. The molecule has 1 aromatic carbocycles. The summed E-state index contributed by atoms with van der Waals surface area (Å²) in [5, 5.41) is 14.6. The van der Waals surface area contributed by atoms with Gasteiger partial charge < -0.3 is 10.4 Å². The number of nitrogens with zero attached hydrogens (tertiary/aromatic N) is 1. The number of aryl methyl sites for hydroxylation is 1. The van der Waals surface area contributed by atoms with Gasteiger partial charge in [-0.1, -0.05) is 11.6 Å². The number of urea groups is 1. The Morgan fingerprint density at radius 2 is 2.10 bits per heavy atom. The molecule has 0 spiro atoms. The van der Waals surface area contributed by atoms with Gasteiger partial charge in [-0.3, -0.25) is 5.32 Å². The van der Waals surface area contributed by atoms with E-state index in [9.17, 15) is 9.59 Å². The molecule has 0 aliphatic carbocycles. The van der Waals surface area contributed by atoms with Gasteiger partial charge in [0, 0.05) is 11.1 Å². The second-order valence-electron chi connectivity index (χ2n) is 3.85. The van der Waals surface area contributed by atoms with Crippen LogP contribution in [0.15, 0.2) is 24.4 Å². The van der Waals surface area contributed by atoms with Gasteiger partial charge in [0.1, 0.15) is 0 Å². The fourth-order valence-electron chi connectivity index (χ4n) is 1.42. The number of carboxylic acids is 1. The van der Waals surface area contributed by atoms with E-state index in [1.807, 2.05) is 6.92 Å². The Morgan fingerprint density at radius 1 is 1.35 bits per heavy atom. The molecule has 2 aromatic rings. The molecule has 20 heavy (non-hydrogen) atoms. The highest BCUT2D eigenvalue weighted by atomic mass is 35.5. The van der Waals surface area contributed by atoms with Gasteiger partial charge in [-0.15, -0.1) is 11.3 Å². The Bertz CT molecular complexity index is 672. The predicted molar refractivity (Wildman–Crippen MR) is 77.9 cm³/mol. The number of aromatic carboxylic acids is 1. The zero-order valence-corrected chi connectivity index (χ0v) is 11.9. The SMILES string of the molecule is Cc1cnc(NC(=O)Nc2cc(C(=O)O)ccc2Cl)s1. The molecular formula is C12H10ClN3O3S. The Balaban J connectivity index is 2.11. The Kier molecular flexibility index (Phi) is 4.21. The number of hydrogen-bond acceptors (Lipinski definition) is 4. The number of rotatable bonds is 3. The van der Waals surface area contributed by atoms with Crippen molar-refractivity contribution in [2.75, 3.05) is 10.6 Å². The average Bonchev–Trinajstić information content (AvgIpc) is 2.77. The number of carboxylic acid groups (broad SMARTS) is 1. The van der Waals surface area contributed by atoms with Crippen molar-refractivity contribution < 1.29 is 14.7 Å². The summed E-state index contributed by atoms with van der Waals surface area (Å²) in [6, 6.07) is 3.52. The number of aromatic nitrogens is 1. The first kappa shape index (κ1) is 14.3. The quantitative estimate of drug-likeness (QED) is 0.809. The van der Waals surface area contributed by atoms with Gasteiger partial charge in [0.25, 0.3) is 0 Å². The van der Waals surface area contributed by atoms with Crippen molar-refractivity contribution >= 4 is 45.8 Å². The third kappa shape index (κ3) is 3.46. The molecule has 0 fully saturated rings. The van der Waals surface area contributed by atoms with E-state index in [1.165, 1.54) is 29.5 Å². The van der Waals surface area contributed by atoms with Crippen LogP contribution in [-0.2, 0) is 0 Å². The van der Waals surface area contributed by atoms with Gasteiger partial charge in [-0.25, -0.2) is 14.6 Å². The molecule has 0 aliphatic rings. The van der Waals surface area contributed by atoms with Crippen LogP contribution in [0.4, 0.5) is 15.6 Å². The maximum absolute atomic E-state index is 11.8. The zero-order chi connectivity index (χ0) is 14.7. The molecule has 0 saturated heterocycles. The van der Waals surface area contributed by atoms with Crippen LogP contribution in [0.3, 0.4) is 0 Å². The average molecular weight is 312 g/mol. The minimum atomic E-state index is -1.10. The fraction of sp³-hybridized carbons (Fsp3) is 0.0833. The Hall–Kier alpha value is -2.12. The molecule has 0 aliphatic heterocycles. The first-order valence-electron chi connectivity index (χ1n) is 5.49. The Morgan fingerprint density at radius 3 is 2.70 bits per heavy atom. The second kappa shape index (κ2) is 5.89. The summed E-state index contributed by atoms with van der Waals surface area (Å²) in [4.78, 5) is 27.6. The highest BCUT2D eigenvalue weighted by Gasteiger charge is 2.11. The molecule has 2 rings (SSSR count). The van der Waals surface area contributed by atoms with Crippen molar-refractivity contribution in [3.05, 3.63) is 39.9 Å². The van der Waals surface area contributed by atoms with E-state index in [-0.39, 0.29) is 16.3 Å². The Labute approximate surface area is 123 Å². The van der Waals surface area contributed by atoms with E-state index in [2.05, 4.69) is 15.6 Å². The van der Waals surface area contributed by atoms with Crippen LogP contribution in [-0.4, -0.2) is 22.1 Å². The molecule has 0 atom stereocenters. The maximum Gasteiger partial charge on any atom is 0.335 e. The molecule has 0 unspecified atom stereocenters. The molecule has 1 heterocycles. The zero-order valence-electron chi connectivity index (χ0n) is 10.3. The number of carbonyl (C=O) groups excluding carboxylic acids is 1. The van der Waals surface area contributed by atoms with Crippen LogP contribution in [0.5, 0.6) is 0 Å². The van der Waals surface area contributed by atoms with Crippen LogP contribution in [0.25, 0.3) is 0 Å². The molecular weight excluding hydrogens is 302 g/mol. The number of anilines is 2. The second-order valence-corrected chi connectivity index (χ2v) is 5.50. The molecule has 1 aromatic heterocycles. The summed E-state index contributed by atoms with van der Waals surface area (Å²) >= 11 is 7.23. The first-order chi connectivity index (χ1) is 9.45. The lowest BCUT2D eigenvalue weighted by atomic mass is 10.2. The van der Waals surface area contributed by atoms with Gasteiger partial charge in [-0.2, -0.15) is 0 Å². The van der Waals surface area contributed by atoms with Crippen LogP contribution < -0.4 is 10.6 Å². The highest BCUT2D eigenvalue weighted by molar-refractivity contribution is 7.15. The molecule has 2 amide bonds. The first-order valence-corrected chi connectivity index (χ1v) is 6.68. The lowest BCUT2D eigenvalue weighted by Crippen LogP contribution is -2.19. The smallest absolute Gasteiger partial charge is 0.335 e. The molecule has 104 valence electrons. The summed E-state index contributed by atoms with van der Waals surface area (Å²) in [5.41, 5.74) is 0.257. The van der Waals surface area contributed by atoms with Crippen molar-refractivity contribution in [1.29, 1.82) is 0 Å². The van der Waals surface area contributed by atoms with Gasteiger partial charge in [-0.05, 0) is 25.1 Å². The largest absolute Gasteiger partial charge is 0.478 e. The van der Waals surface area contributed by atoms with Gasteiger partial charge in [0.15, 0.2) is 5.13 Å². The summed E-state index contributed by atoms with van der Waals surface area (Å²) < 4.78 is 0. The van der Waals surface area contributed by atoms with Gasteiger partial charge >= 0.3 is 12.0 Å². The lowest BCUT2D eigenvalue weighted by molar-refractivity contribution is 0.0697. The van der Waals surface area contributed by atoms with E-state index >= 15 is 0 Å². The third-order valence-corrected chi connectivity index (χ3v) is 3.46. The van der Waals surface area contributed by atoms with Crippen LogP contribution in [0, 0.1) is 6.92 Å². The van der Waals surface area contributed by atoms with E-state index in [0.717, 1.165) is 4.88 Å². The molecule has 0 radical (unpaired) electrons. The van der Waals surface area contributed by atoms with Crippen molar-refractivity contribution in [2.24, 2.45) is 0 Å². The van der Waals surface area contributed by atoms with E-state index in [4.69, 9.17) is 16.7 Å². The number of halogens is 1. The topological polar surface area (TPSA) is 91.3 Å². The van der Waals surface area contributed by atoms with E-state index in [0.29, 0.717) is 5.13 Å². The molecule has 3 N–H and O–H groups in total. The molecule has 6 nitrogen and oxygen atoms in total. The normalized spacial score (nSPS) is 10.1. The minimum absolute atomic E-state index is 0.0368. The van der Waals surface area contributed by atoms with Gasteiger partial charge in [0.05, 0.1) is 16.3 Å². The van der Waals surface area contributed by atoms with Crippen molar-refractivity contribution in [1.82, 2.24) is 4.98 Å². The third-order valence-electron chi connectivity index (χ3n) is 2.30. The number of amides is 2. The number of nitrogens with one attached hydrogen (secondary N) is 2. The standard InChI is InChI=1S/C12H10ClN3O3S/c1-6-5-14-12(20-6)16-11(19)15-9-4-7(10(17)18)2-3-8(9)13/h2-5H,1H3,(H,17,18)(H2,14,15,16,19). The minimum Gasteiger partial charge on any atom is -0.478 e. The van der Waals surface area contributed by atoms with Gasteiger partial charge in [0.2, 0.25) is 0 Å². The summed E-state index contributed by atoms with van der Waals surface area (Å²) in [5.74, 6) is -1.10. The predicted octanol–water partition coefficient (Wildman–Crippen LogP) is 3.45.